The number of carboxylic acid groups (broad SMARTS) is 1. The van der Waals surface area contributed by atoms with Crippen molar-refractivity contribution in [2.45, 2.75) is 24.3 Å². The summed E-state index contributed by atoms with van der Waals surface area (Å²) in [5.74, 6) is -1.15. The van der Waals surface area contributed by atoms with Crippen LogP contribution in [-0.2, 0) is 14.8 Å². The normalized spacial score (nSPS) is 20.3. The molecule has 7 nitrogen and oxygen atoms in total. The quantitative estimate of drug-likeness (QED) is 0.794. The number of nitrogens with two attached hydrogens (primary N) is 1. The Morgan fingerprint density at radius 3 is 2.81 bits per heavy atom. The first-order valence-corrected chi connectivity index (χ1v) is 8.04. The molecular formula is C13H18N2O5S. The third-order valence-electron chi connectivity index (χ3n) is 3.43. The molecule has 21 heavy (non-hydrogen) atoms. The molecule has 3 N–H and O–H groups in total. The van der Waals surface area contributed by atoms with Crippen molar-refractivity contribution in [3.05, 3.63) is 23.8 Å². The number of rotatable bonds is 4. The molecule has 1 fully saturated rings. The van der Waals surface area contributed by atoms with Gasteiger partial charge in [0.05, 0.1) is 24.0 Å². The van der Waals surface area contributed by atoms with Crippen LogP contribution in [0.5, 0.6) is 0 Å². The number of hydrogen-bond acceptors (Lipinski definition) is 5. The molecular weight excluding hydrogens is 296 g/mol. The number of morpholine rings is 1. The second-order valence-corrected chi connectivity index (χ2v) is 6.73. The van der Waals surface area contributed by atoms with Crippen LogP contribution in [0.25, 0.3) is 0 Å². The van der Waals surface area contributed by atoms with Crippen LogP contribution in [0.15, 0.2) is 23.1 Å². The Kier molecular flexibility index (Phi) is 4.50. The van der Waals surface area contributed by atoms with E-state index in [1.807, 2.05) is 6.92 Å². The van der Waals surface area contributed by atoms with Crippen LogP contribution in [0, 0.1) is 0 Å². The van der Waals surface area contributed by atoms with Crippen molar-refractivity contribution < 1.29 is 23.1 Å². The van der Waals surface area contributed by atoms with E-state index in [0.717, 1.165) is 12.5 Å². The SMILES string of the molecule is CCC1CN(S(=O)(=O)c2ccc(C(=O)O)cc2N)CCO1. The van der Waals surface area contributed by atoms with E-state index in [-0.39, 0.29) is 35.3 Å². The highest BCUT2D eigenvalue weighted by Crippen LogP contribution is 2.25. The summed E-state index contributed by atoms with van der Waals surface area (Å²) in [6, 6.07) is 3.64. The Morgan fingerprint density at radius 1 is 1.52 bits per heavy atom. The fraction of sp³-hybridized carbons (Fsp3) is 0.462. The number of carboxylic acids is 1. The Balaban J connectivity index is 2.33. The number of carbonyl (C=O) groups is 1. The number of hydrogen-bond donors (Lipinski definition) is 2. The summed E-state index contributed by atoms with van der Waals surface area (Å²) in [5.41, 5.74) is 5.62. The summed E-state index contributed by atoms with van der Waals surface area (Å²) in [4.78, 5) is 10.8. The first-order valence-electron chi connectivity index (χ1n) is 6.60. The van der Waals surface area contributed by atoms with Crippen molar-refractivity contribution in [3.63, 3.8) is 0 Å². The van der Waals surface area contributed by atoms with E-state index in [1.165, 1.54) is 16.4 Å². The van der Waals surface area contributed by atoms with Crippen LogP contribution >= 0.6 is 0 Å². The highest BCUT2D eigenvalue weighted by atomic mass is 32.2. The molecule has 1 aromatic rings. The zero-order valence-corrected chi connectivity index (χ0v) is 12.5. The maximum absolute atomic E-state index is 12.6. The largest absolute Gasteiger partial charge is 0.478 e. The van der Waals surface area contributed by atoms with Crippen molar-refractivity contribution in [2.75, 3.05) is 25.4 Å². The van der Waals surface area contributed by atoms with Gasteiger partial charge in [0, 0.05) is 13.1 Å². The van der Waals surface area contributed by atoms with Crippen molar-refractivity contribution in [1.29, 1.82) is 0 Å². The molecule has 0 spiro atoms. The summed E-state index contributed by atoms with van der Waals surface area (Å²) >= 11 is 0. The predicted octanol–water partition coefficient (Wildman–Crippen LogP) is 0.767. The van der Waals surface area contributed by atoms with E-state index in [9.17, 15) is 13.2 Å². The minimum Gasteiger partial charge on any atom is -0.478 e. The van der Waals surface area contributed by atoms with E-state index in [4.69, 9.17) is 15.6 Å². The highest BCUT2D eigenvalue weighted by Gasteiger charge is 2.31. The molecule has 1 atom stereocenters. The molecule has 2 rings (SSSR count). The second kappa shape index (κ2) is 6.00. The van der Waals surface area contributed by atoms with Gasteiger partial charge in [-0.15, -0.1) is 0 Å². The number of ether oxygens (including phenoxy) is 1. The Morgan fingerprint density at radius 2 is 2.24 bits per heavy atom. The average molecular weight is 314 g/mol. The molecule has 116 valence electrons. The first-order chi connectivity index (χ1) is 9.86. The highest BCUT2D eigenvalue weighted by molar-refractivity contribution is 7.89. The lowest BCUT2D eigenvalue weighted by Crippen LogP contribution is -2.45. The average Bonchev–Trinajstić information content (AvgIpc) is 2.46. The van der Waals surface area contributed by atoms with Crippen LogP contribution < -0.4 is 5.73 Å². The minimum atomic E-state index is -3.74. The topological polar surface area (TPSA) is 110 Å². The predicted molar refractivity (Wildman–Crippen MR) is 76.6 cm³/mol. The van der Waals surface area contributed by atoms with Gasteiger partial charge in [0.15, 0.2) is 0 Å². The fourth-order valence-electron chi connectivity index (χ4n) is 2.21. The lowest BCUT2D eigenvalue weighted by molar-refractivity contribution is -0.00276. The minimum absolute atomic E-state index is 0.0418. The molecule has 0 aliphatic carbocycles. The van der Waals surface area contributed by atoms with Gasteiger partial charge in [-0.25, -0.2) is 13.2 Å². The van der Waals surface area contributed by atoms with Crippen molar-refractivity contribution in [2.24, 2.45) is 0 Å². The summed E-state index contributed by atoms with van der Waals surface area (Å²) in [6.45, 7) is 2.81. The molecule has 8 heteroatoms. The Hall–Kier alpha value is -1.64. The van der Waals surface area contributed by atoms with Crippen LogP contribution in [0.1, 0.15) is 23.7 Å². The molecule has 1 aliphatic heterocycles. The summed E-state index contributed by atoms with van der Waals surface area (Å²) < 4.78 is 32.0. The number of nitrogen functional groups attached to an aromatic ring is 1. The molecule has 1 aliphatic rings. The van der Waals surface area contributed by atoms with Crippen LogP contribution in [0.4, 0.5) is 5.69 Å². The van der Waals surface area contributed by atoms with Gasteiger partial charge in [-0.1, -0.05) is 6.92 Å². The van der Waals surface area contributed by atoms with Gasteiger partial charge in [-0.2, -0.15) is 4.31 Å². The zero-order valence-electron chi connectivity index (χ0n) is 11.7. The Labute approximate surface area is 123 Å². The summed E-state index contributed by atoms with van der Waals surface area (Å²) in [6.07, 6.45) is 0.590. The van der Waals surface area contributed by atoms with Gasteiger partial charge in [0.1, 0.15) is 4.90 Å². The molecule has 1 heterocycles. The number of aromatic carboxylic acids is 1. The molecule has 1 aromatic carbocycles. The van der Waals surface area contributed by atoms with E-state index >= 15 is 0 Å². The molecule has 0 saturated carbocycles. The van der Waals surface area contributed by atoms with Crippen molar-refractivity contribution >= 4 is 21.7 Å². The fourth-order valence-corrected chi connectivity index (χ4v) is 3.77. The van der Waals surface area contributed by atoms with Crippen molar-refractivity contribution in [1.82, 2.24) is 4.31 Å². The maximum Gasteiger partial charge on any atom is 0.335 e. The van der Waals surface area contributed by atoms with Crippen LogP contribution in [0.2, 0.25) is 0 Å². The summed E-state index contributed by atoms with van der Waals surface area (Å²) in [7, 11) is -3.74. The van der Waals surface area contributed by atoms with Gasteiger partial charge >= 0.3 is 5.97 Å². The van der Waals surface area contributed by atoms with Gasteiger partial charge < -0.3 is 15.6 Å². The third-order valence-corrected chi connectivity index (χ3v) is 5.37. The molecule has 0 aromatic heterocycles. The molecule has 0 radical (unpaired) electrons. The van der Waals surface area contributed by atoms with E-state index in [2.05, 4.69) is 0 Å². The van der Waals surface area contributed by atoms with Gasteiger partial charge in [0.2, 0.25) is 10.0 Å². The van der Waals surface area contributed by atoms with Gasteiger partial charge in [0.25, 0.3) is 0 Å². The lowest BCUT2D eigenvalue weighted by Gasteiger charge is -2.31. The monoisotopic (exact) mass is 314 g/mol. The third kappa shape index (κ3) is 3.17. The van der Waals surface area contributed by atoms with E-state index in [1.54, 1.807) is 0 Å². The van der Waals surface area contributed by atoms with E-state index < -0.39 is 16.0 Å². The first kappa shape index (κ1) is 15.7. The maximum atomic E-state index is 12.6. The van der Waals surface area contributed by atoms with Gasteiger partial charge in [-0.3, -0.25) is 0 Å². The second-order valence-electron chi connectivity index (χ2n) is 4.82. The number of nitrogens with zero attached hydrogens (tertiary/aromatic N) is 1. The lowest BCUT2D eigenvalue weighted by atomic mass is 10.2. The van der Waals surface area contributed by atoms with E-state index in [0.29, 0.717) is 6.61 Å². The smallest absolute Gasteiger partial charge is 0.335 e. The number of benzene rings is 1. The molecule has 0 bridgehead atoms. The van der Waals surface area contributed by atoms with Crippen molar-refractivity contribution in [3.8, 4) is 0 Å². The summed E-state index contributed by atoms with van der Waals surface area (Å²) in [5, 5.41) is 8.89. The van der Waals surface area contributed by atoms with Crippen LogP contribution in [-0.4, -0.2) is 49.6 Å². The number of sulfonamides is 1. The standard InChI is InChI=1S/C13H18N2O5S/c1-2-10-8-15(5-6-20-10)21(18,19)12-4-3-9(13(16)17)7-11(12)14/h3-4,7,10H,2,5-6,8,14H2,1H3,(H,16,17). The number of anilines is 1. The van der Waals surface area contributed by atoms with Gasteiger partial charge in [-0.05, 0) is 24.6 Å². The zero-order chi connectivity index (χ0) is 15.6. The van der Waals surface area contributed by atoms with Crippen LogP contribution in [0.3, 0.4) is 0 Å². The molecule has 0 amide bonds. The molecule has 1 unspecified atom stereocenters. The molecule has 1 saturated heterocycles. The Bertz CT molecular complexity index is 644.